The third-order valence-corrected chi connectivity index (χ3v) is 2.85. The SMILES string of the molecule is Cc1ccc(O)c(CNCc2ccc(C)nc2)c1. The van der Waals surface area contributed by atoms with E-state index in [1.807, 2.05) is 38.2 Å². The van der Waals surface area contributed by atoms with Crippen molar-refractivity contribution in [2.75, 3.05) is 0 Å². The number of pyridine rings is 1. The molecule has 0 unspecified atom stereocenters. The van der Waals surface area contributed by atoms with Crippen LogP contribution in [0.5, 0.6) is 5.75 Å². The van der Waals surface area contributed by atoms with Crippen molar-refractivity contribution in [3.05, 3.63) is 58.9 Å². The van der Waals surface area contributed by atoms with E-state index in [1.165, 1.54) is 0 Å². The smallest absolute Gasteiger partial charge is 0.120 e. The Kier molecular flexibility index (Phi) is 3.95. The van der Waals surface area contributed by atoms with E-state index in [1.54, 1.807) is 6.07 Å². The first kappa shape index (κ1) is 12.6. The number of benzene rings is 1. The maximum absolute atomic E-state index is 9.72. The van der Waals surface area contributed by atoms with Crippen LogP contribution in [0.3, 0.4) is 0 Å². The van der Waals surface area contributed by atoms with Gasteiger partial charge in [-0.05, 0) is 31.5 Å². The van der Waals surface area contributed by atoms with Crippen molar-refractivity contribution in [3.8, 4) is 5.75 Å². The predicted octanol–water partition coefficient (Wildman–Crippen LogP) is 2.69. The van der Waals surface area contributed by atoms with Crippen LogP contribution in [0.25, 0.3) is 0 Å². The van der Waals surface area contributed by atoms with Gasteiger partial charge in [-0.15, -0.1) is 0 Å². The fourth-order valence-corrected chi connectivity index (χ4v) is 1.80. The van der Waals surface area contributed by atoms with Crippen LogP contribution in [0.2, 0.25) is 0 Å². The summed E-state index contributed by atoms with van der Waals surface area (Å²) in [7, 11) is 0. The number of aromatic hydroxyl groups is 1. The van der Waals surface area contributed by atoms with Crippen LogP contribution in [0, 0.1) is 13.8 Å². The lowest BCUT2D eigenvalue weighted by Crippen LogP contribution is -2.13. The quantitative estimate of drug-likeness (QED) is 0.866. The van der Waals surface area contributed by atoms with Gasteiger partial charge in [-0.2, -0.15) is 0 Å². The Labute approximate surface area is 108 Å². The minimum atomic E-state index is 0.343. The zero-order chi connectivity index (χ0) is 13.0. The summed E-state index contributed by atoms with van der Waals surface area (Å²) >= 11 is 0. The normalized spacial score (nSPS) is 10.6. The third-order valence-electron chi connectivity index (χ3n) is 2.85. The van der Waals surface area contributed by atoms with E-state index in [4.69, 9.17) is 0 Å². The zero-order valence-electron chi connectivity index (χ0n) is 10.8. The van der Waals surface area contributed by atoms with Gasteiger partial charge >= 0.3 is 0 Å². The summed E-state index contributed by atoms with van der Waals surface area (Å²) in [5.74, 6) is 0.343. The molecule has 3 nitrogen and oxygen atoms in total. The molecular formula is C15H18N2O. The first-order valence-corrected chi connectivity index (χ1v) is 6.06. The molecule has 0 aliphatic heterocycles. The van der Waals surface area contributed by atoms with E-state index in [9.17, 15) is 5.11 Å². The Balaban J connectivity index is 1.92. The second kappa shape index (κ2) is 5.65. The Hall–Kier alpha value is -1.87. The average Bonchev–Trinajstić information content (AvgIpc) is 2.36. The van der Waals surface area contributed by atoms with Crippen molar-refractivity contribution >= 4 is 0 Å². The molecule has 0 aliphatic rings. The third kappa shape index (κ3) is 3.31. The lowest BCUT2D eigenvalue weighted by Gasteiger charge is -2.08. The number of phenols is 1. The molecular weight excluding hydrogens is 224 g/mol. The maximum atomic E-state index is 9.72. The first-order valence-electron chi connectivity index (χ1n) is 6.06. The number of nitrogens with one attached hydrogen (secondary N) is 1. The molecule has 0 aliphatic carbocycles. The fraction of sp³-hybridized carbons (Fsp3) is 0.267. The number of rotatable bonds is 4. The molecule has 0 bridgehead atoms. The largest absolute Gasteiger partial charge is 0.508 e. The summed E-state index contributed by atoms with van der Waals surface area (Å²) in [4.78, 5) is 4.25. The number of hydrogen-bond donors (Lipinski definition) is 2. The van der Waals surface area contributed by atoms with Gasteiger partial charge in [-0.25, -0.2) is 0 Å². The summed E-state index contributed by atoms with van der Waals surface area (Å²) < 4.78 is 0. The van der Waals surface area contributed by atoms with Gasteiger partial charge in [-0.1, -0.05) is 23.8 Å². The molecule has 2 aromatic rings. The van der Waals surface area contributed by atoms with Gasteiger partial charge < -0.3 is 10.4 Å². The molecule has 3 heteroatoms. The van der Waals surface area contributed by atoms with Crippen LogP contribution in [0.1, 0.15) is 22.4 Å². The summed E-state index contributed by atoms with van der Waals surface area (Å²) in [6.07, 6.45) is 1.87. The molecule has 18 heavy (non-hydrogen) atoms. The molecule has 1 aromatic heterocycles. The highest BCUT2D eigenvalue weighted by Crippen LogP contribution is 2.17. The number of hydrogen-bond acceptors (Lipinski definition) is 3. The van der Waals surface area contributed by atoms with E-state index in [2.05, 4.69) is 16.4 Å². The van der Waals surface area contributed by atoms with Gasteiger partial charge in [0.2, 0.25) is 0 Å². The molecule has 0 fully saturated rings. The van der Waals surface area contributed by atoms with Crippen LogP contribution < -0.4 is 5.32 Å². The second-order valence-electron chi connectivity index (χ2n) is 4.54. The highest BCUT2D eigenvalue weighted by molar-refractivity contribution is 5.35. The molecule has 2 N–H and O–H groups in total. The minimum Gasteiger partial charge on any atom is -0.508 e. The van der Waals surface area contributed by atoms with Crippen molar-refractivity contribution in [2.45, 2.75) is 26.9 Å². The monoisotopic (exact) mass is 242 g/mol. The molecule has 94 valence electrons. The van der Waals surface area contributed by atoms with E-state index < -0.39 is 0 Å². The number of aromatic nitrogens is 1. The summed E-state index contributed by atoms with van der Waals surface area (Å²) in [5.41, 5.74) is 4.25. The van der Waals surface area contributed by atoms with E-state index in [0.29, 0.717) is 12.3 Å². The van der Waals surface area contributed by atoms with E-state index >= 15 is 0 Å². The van der Waals surface area contributed by atoms with Crippen molar-refractivity contribution in [3.63, 3.8) is 0 Å². The summed E-state index contributed by atoms with van der Waals surface area (Å²) in [6.45, 7) is 5.40. The highest BCUT2D eigenvalue weighted by atomic mass is 16.3. The van der Waals surface area contributed by atoms with Crippen molar-refractivity contribution in [2.24, 2.45) is 0 Å². The Morgan fingerprint density at radius 3 is 2.67 bits per heavy atom. The van der Waals surface area contributed by atoms with Crippen LogP contribution in [0.15, 0.2) is 36.5 Å². The number of phenolic OH excluding ortho intramolecular Hbond substituents is 1. The van der Waals surface area contributed by atoms with Crippen molar-refractivity contribution in [1.29, 1.82) is 0 Å². The summed E-state index contributed by atoms with van der Waals surface area (Å²) in [6, 6.07) is 9.70. The van der Waals surface area contributed by atoms with Gasteiger partial charge in [0.1, 0.15) is 5.75 Å². The van der Waals surface area contributed by atoms with E-state index in [-0.39, 0.29) is 0 Å². The highest BCUT2D eigenvalue weighted by Gasteiger charge is 2.01. The second-order valence-corrected chi connectivity index (χ2v) is 4.54. The van der Waals surface area contributed by atoms with Gasteiger partial charge in [0.05, 0.1) is 0 Å². The summed E-state index contributed by atoms with van der Waals surface area (Å²) in [5, 5.41) is 13.0. The molecule has 0 atom stereocenters. The first-order chi connectivity index (χ1) is 8.65. The number of aryl methyl sites for hydroxylation is 2. The molecule has 1 heterocycles. The Morgan fingerprint density at radius 2 is 1.94 bits per heavy atom. The lowest BCUT2D eigenvalue weighted by molar-refractivity contribution is 0.464. The van der Waals surface area contributed by atoms with Crippen LogP contribution in [-0.2, 0) is 13.1 Å². The fourth-order valence-electron chi connectivity index (χ4n) is 1.80. The molecule has 1 aromatic carbocycles. The van der Waals surface area contributed by atoms with Crippen LogP contribution in [-0.4, -0.2) is 10.1 Å². The molecule has 0 spiro atoms. The van der Waals surface area contributed by atoms with Crippen LogP contribution >= 0.6 is 0 Å². The molecule has 0 radical (unpaired) electrons. The average molecular weight is 242 g/mol. The zero-order valence-corrected chi connectivity index (χ0v) is 10.8. The molecule has 2 rings (SSSR count). The van der Waals surface area contributed by atoms with Crippen LogP contribution in [0.4, 0.5) is 0 Å². The van der Waals surface area contributed by atoms with Gasteiger partial charge in [0.25, 0.3) is 0 Å². The Bertz CT molecular complexity index is 521. The molecule has 0 amide bonds. The van der Waals surface area contributed by atoms with Crippen molar-refractivity contribution < 1.29 is 5.11 Å². The van der Waals surface area contributed by atoms with Gasteiger partial charge in [0.15, 0.2) is 0 Å². The maximum Gasteiger partial charge on any atom is 0.120 e. The van der Waals surface area contributed by atoms with Gasteiger partial charge in [0, 0.05) is 30.5 Å². The van der Waals surface area contributed by atoms with Gasteiger partial charge in [-0.3, -0.25) is 4.98 Å². The van der Waals surface area contributed by atoms with Crippen molar-refractivity contribution in [1.82, 2.24) is 10.3 Å². The predicted molar refractivity (Wildman–Crippen MR) is 72.4 cm³/mol. The Morgan fingerprint density at radius 1 is 1.11 bits per heavy atom. The molecule has 0 saturated carbocycles. The number of nitrogens with zero attached hydrogens (tertiary/aromatic N) is 1. The lowest BCUT2D eigenvalue weighted by atomic mass is 10.1. The topological polar surface area (TPSA) is 45.1 Å². The van der Waals surface area contributed by atoms with E-state index in [0.717, 1.165) is 28.9 Å². The standard InChI is InChI=1S/C15H18N2O/c1-11-3-6-15(18)14(7-11)10-16-8-13-5-4-12(2)17-9-13/h3-7,9,16,18H,8,10H2,1-2H3. The minimum absolute atomic E-state index is 0.343. The molecule has 0 saturated heterocycles.